The van der Waals surface area contributed by atoms with Crippen LogP contribution in [0.15, 0.2) is 69.6 Å². The Balaban J connectivity index is 0.00000225. The Bertz CT molecular complexity index is 763. The molecule has 0 N–H and O–H groups in total. The second kappa shape index (κ2) is 12.1. The van der Waals surface area contributed by atoms with Gasteiger partial charge in [0.15, 0.2) is 0 Å². The Hall–Kier alpha value is -0.496. The van der Waals surface area contributed by atoms with Crippen LogP contribution in [0.2, 0.25) is 0 Å². The monoisotopic (exact) mass is 454 g/mol. The molecule has 0 unspecified atom stereocenters. The molecule has 0 saturated heterocycles. The van der Waals surface area contributed by atoms with Gasteiger partial charge in [0.2, 0.25) is 0 Å². The van der Waals surface area contributed by atoms with Crippen LogP contribution in [-0.4, -0.2) is 0 Å². The Labute approximate surface area is 194 Å². The molecule has 1 aliphatic rings. The molecule has 0 bridgehead atoms. The molecule has 2 aromatic rings. The van der Waals surface area contributed by atoms with Gasteiger partial charge in [-0.15, -0.1) is 0 Å². The van der Waals surface area contributed by atoms with Gasteiger partial charge >= 0.3 is 158 Å². The molecular weight excluding hydrogens is 430 g/mol. The minimum atomic E-state index is 0. The van der Waals surface area contributed by atoms with Gasteiger partial charge in [0.1, 0.15) is 0 Å². The minimum Gasteiger partial charge on any atom is -1.00 e. The Morgan fingerprint density at radius 2 is 1.41 bits per heavy atom. The molecule has 0 aromatic heterocycles. The van der Waals surface area contributed by atoms with Crippen molar-refractivity contribution in [3.05, 3.63) is 91.9 Å². The molecule has 0 saturated carbocycles. The molecule has 4 heteroatoms. The van der Waals surface area contributed by atoms with Crippen LogP contribution in [0, 0.1) is 13.8 Å². The molecule has 0 atom stereocenters. The van der Waals surface area contributed by atoms with Crippen molar-refractivity contribution in [3.63, 3.8) is 0 Å². The van der Waals surface area contributed by atoms with Crippen molar-refractivity contribution >= 4 is 0 Å². The van der Waals surface area contributed by atoms with Crippen molar-refractivity contribution in [2.45, 2.75) is 46.0 Å². The number of rotatable bonds is 5. The third kappa shape index (κ3) is 6.24. The van der Waals surface area contributed by atoms with E-state index in [1.807, 2.05) is 0 Å². The molecule has 3 rings (SSSR count). The summed E-state index contributed by atoms with van der Waals surface area (Å²) < 4.78 is 1.52. The molecule has 0 radical (unpaired) electrons. The number of hydrogen-bond donors (Lipinski definition) is 0. The second-order valence-corrected chi connectivity index (χ2v) is 7.63. The average molecular weight is 456 g/mol. The maximum Gasteiger partial charge on any atom is -1.00 e. The molecule has 2 aromatic carbocycles. The van der Waals surface area contributed by atoms with Gasteiger partial charge in [-0.05, 0) is 0 Å². The fraction of sp³-hybridized carbons (Fsp3) is 0.304. The van der Waals surface area contributed by atoms with Crippen LogP contribution in [0.5, 0.6) is 0 Å². The molecule has 0 nitrogen and oxygen atoms in total. The summed E-state index contributed by atoms with van der Waals surface area (Å²) in [5, 5.41) is 0. The van der Waals surface area contributed by atoms with Crippen LogP contribution in [0.25, 0.3) is 0 Å². The van der Waals surface area contributed by atoms with Gasteiger partial charge in [0, 0.05) is 0 Å². The maximum atomic E-state index is 2.45. The minimum absolute atomic E-state index is 0. The fourth-order valence-electron chi connectivity index (χ4n) is 3.70. The van der Waals surface area contributed by atoms with Crippen LogP contribution >= 0.6 is 0 Å². The van der Waals surface area contributed by atoms with E-state index in [4.69, 9.17) is 0 Å². The van der Waals surface area contributed by atoms with Gasteiger partial charge in [0.05, 0.1) is 0 Å². The summed E-state index contributed by atoms with van der Waals surface area (Å²) in [4.78, 5) is 0. The molecule has 0 amide bonds. The first-order valence-electron chi connectivity index (χ1n) is 8.87. The summed E-state index contributed by atoms with van der Waals surface area (Å²) >= 11 is 2.32. The summed E-state index contributed by atoms with van der Waals surface area (Å²) in [6, 6.07) is 18.0. The van der Waals surface area contributed by atoms with E-state index in [2.05, 4.69) is 95.8 Å². The molecule has 27 heavy (non-hydrogen) atoms. The smallest absolute Gasteiger partial charge is 1.00 e. The Morgan fingerprint density at radius 3 is 1.85 bits per heavy atom. The fourth-order valence-corrected chi connectivity index (χ4v) is 4.44. The van der Waals surface area contributed by atoms with Crippen molar-refractivity contribution in [1.82, 2.24) is 0 Å². The van der Waals surface area contributed by atoms with Gasteiger partial charge in [-0.1, -0.05) is 0 Å². The summed E-state index contributed by atoms with van der Waals surface area (Å²) in [5.41, 5.74) is 8.64. The predicted molar refractivity (Wildman–Crippen MR) is 98.8 cm³/mol. The van der Waals surface area contributed by atoms with Gasteiger partial charge in [-0.25, -0.2) is 0 Å². The van der Waals surface area contributed by atoms with E-state index in [0.717, 1.165) is 6.42 Å². The molecular formula is C23H25Cl3Ti. The van der Waals surface area contributed by atoms with E-state index in [9.17, 15) is 0 Å². The number of benzene rings is 2. The number of aryl methyl sites for hydroxylation is 2. The Kier molecular flexibility index (Phi) is 11.9. The van der Waals surface area contributed by atoms with E-state index in [0.29, 0.717) is 5.92 Å². The van der Waals surface area contributed by atoms with Crippen LogP contribution in [-0.2, 0) is 20.4 Å². The summed E-state index contributed by atoms with van der Waals surface area (Å²) in [7, 11) is 0. The third-order valence-electron chi connectivity index (χ3n) is 4.83. The van der Waals surface area contributed by atoms with Gasteiger partial charge in [-0.3, -0.25) is 0 Å². The largest absolute Gasteiger partial charge is 1.00 e. The maximum absolute atomic E-state index is 2.45. The average Bonchev–Trinajstić information content (AvgIpc) is 2.90. The van der Waals surface area contributed by atoms with E-state index in [1.54, 1.807) is 11.1 Å². The first kappa shape index (κ1) is 26.5. The van der Waals surface area contributed by atoms with Crippen molar-refractivity contribution in [3.8, 4) is 0 Å². The van der Waals surface area contributed by atoms with Crippen LogP contribution < -0.4 is 37.2 Å². The van der Waals surface area contributed by atoms with E-state index < -0.39 is 0 Å². The second-order valence-electron chi connectivity index (χ2n) is 6.85. The third-order valence-corrected chi connectivity index (χ3v) is 5.83. The van der Waals surface area contributed by atoms with Crippen LogP contribution in [0.3, 0.4) is 0 Å². The van der Waals surface area contributed by atoms with Crippen LogP contribution in [0.1, 0.15) is 54.4 Å². The van der Waals surface area contributed by atoms with Crippen molar-refractivity contribution in [2.75, 3.05) is 0 Å². The zero-order valence-electron chi connectivity index (χ0n) is 16.0. The van der Waals surface area contributed by atoms with Gasteiger partial charge in [-0.2, -0.15) is 0 Å². The Morgan fingerprint density at radius 1 is 0.889 bits per heavy atom. The predicted octanol–water partition coefficient (Wildman–Crippen LogP) is -2.62. The normalized spacial score (nSPS) is 12.9. The zero-order chi connectivity index (χ0) is 17.1. The molecule has 0 aliphatic heterocycles. The summed E-state index contributed by atoms with van der Waals surface area (Å²) in [6.07, 6.45) is 5.96. The first-order valence-corrected chi connectivity index (χ1v) is 9.65. The first-order chi connectivity index (χ1) is 11.6. The standard InChI is InChI=1S/C23H25.3ClH.Ti/c1-4-7-19-12-13-22(16-19)23(20-10-5-8-17(2)14-20)21-11-6-9-18(3)15-21;;;;/h5-6,8-12,14-15,23H,4,7,13H2,1-3H3;3*1H;/q;;;;+3/p-3. The molecule has 0 heterocycles. The van der Waals surface area contributed by atoms with Crippen molar-refractivity contribution in [1.29, 1.82) is 0 Å². The van der Waals surface area contributed by atoms with Crippen molar-refractivity contribution in [2.24, 2.45) is 0 Å². The SMILES string of the molecule is CCCC1=CCC(C(c2cccc(C)c2)c2cccc(C)c2)=[C]1[Ti+3].[Cl-].[Cl-].[Cl-]. The molecule has 0 spiro atoms. The van der Waals surface area contributed by atoms with E-state index in [1.165, 1.54) is 39.0 Å². The summed E-state index contributed by atoms with van der Waals surface area (Å²) in [5.74, 6) is 0.371. The van der Waals surface area contributed by atoms with E-state index >= 15 is 0 Å². The number of hydrogen-bond acceptors (Lipinski definition) is 0. The number of allylic oxidation sites excluding steroid dienone is 4. The summed E-state index contributed by atoms with van der Waals surface area (Å²) in [6.45, 7) is 6.64. The van der Waals surface area contributed by atoms with Gasteiger partial charge < -0.3 is 37.2 Å². The van der Waals surface area contributed by atoms with Gasteiger partial charge in [0.25, 0.3) is 0 Å². The quantitative estimate of drug-likeness (QED) is 0.433. The molecule has 142 valence electrons. The number of halogens is 3. The van der Waals surface area contributed by atoms with Crippen molar-refractivity contribution < 1.29 is 57.7 Å². The molecule has 0 fully saturated rings. The molecule has 1 aliphatic carbocycles. The van der Waals surface area contributed by atoms with E-state index in [-0.39, 0.29) is 37.2 Å². The zero-order valence-corrected chi connectivity index (χ0v) is 19.9. The topological polar surface area (TPSA) is 0 Å². The van der Waals surface area contributed by atoms with Crippen LogP contribution in [0.4, 0.5) is 0 Å².